The SMILES string of the molecule is NCCn1cc(-c2nc(C(F)(F)F)no2)nn1. The molecule has 92 valence electrons. The minimum atomic E-state index is -4.64. The maximum Gasteiger partial charge on any atom is 0.455 e. The molecular formula is C7H7F3N6O. The molecule has 0 saturated heterocycles. The summed E-state index contributed by atoms with van der Waals surface area (Å²) in [6, 6.07) is 0. The van der Waals surface area contributed by atoms with Crippen LogP contribution in [0.4, 0.5) is 13.2 Å². The van der Waals surface area contributed by atoms with Crippen LogP contribution < -0.4 is 5.73 Å². The maximum absolute atomic E-state index is 12.2. The summed E-state index contributed by atoms with van der Waals surface area (Å²) >= 11 is 0. The van der Waals surface area contributed by atoms with Crippen molar-refractivity contribution in [2.24, 2.45) is 5.73 Å². The first-order valence-electron chi connectivity index (χ1n) is 4.52. The van der Waals surface area contributed by atoms with Crippen molar-refractivity contribution in [1.29, 1.82) is 0 Å². The summed E-state index contributed by atoms with van der Waals surface area (Å²) in [4.78, 5) is 3.18. The number of hydrogen-bond acceptors (Lipinski definition) is 6. The maximum atomic E-state index is 12.2. The zero-order chi connectivity index (χ0) is 12.5. The van der Waals surface area contributed by atoms with Crippen LogP contribution >= 0.6 is 0 Å². The number of aromatic nitrogens is 5. The van der Waals surface area contributed by atoms with Gasteiger partial charge < -0.3 is 10.3 Å². The molecule has 10 heteroatoms. The molecule has 0 spiro atoms. The molecule has 7 nitrogen and oxygen atoms in total. The van der Waals surface area contributed by atoms with Crippen molar-refractivity contribution < 1.29 is 17.7 Å². The fourth-order valence-electron chi connectivity index (χ4n) is 1.08. The van der Waals surface area contributed by atoms with Crippen LogP contribution in [0.25, 0.3) is 11.6 Å². The first kappa shape index (κ1) is 11.5. The third kappa shape index (κ3) is 2.41. The van der Waals surface area contributed by atoms with E-state index in [9.17, 15) is 13.2 Å². The molecule has 0 unspecified atom stereocenters. The Balaban J connectivity index is 2.24. The Kier molecular flexibility index (Phi) is 2.79. The highest BCUT2D eigenvalue weighted by molar-refractivity contribution is 5.43. The van der Waals surface area contributed by atoms with Crippen molar-refractivity contribution in [3.05, 3.63) is 12.0 Å². The molecule has 2 rings (SSSR count). The molecule has 0 aromatic carbocycles. The lowest BCUT2D eigenvalue weighted by atomic mass is 10.5. The van der Waals surface area contributed by atoms with E-state index in [1.165, 1.54) is 10.9 Å². The van der Waals surface area contributed by atoms with E-state index in [4.69, 9.17) is 5.73 Å². The predicted molar refractivity (Wildman–Crippen MR) is 47.4 cm³/mol. The van der Waals surface area contributed by atoms with Gasteiger partial charge in [0, 0.05) is 6.54 Å². The van der Waals surface area contributed by atoms with Crippen molar-refractivity contribution in [3.8, 4) is 11.6 Å². The molecule has 2 N–H and O–H groups in total. The second-order valence-electron chi connectivity index (χ2n) is 3.08. The van der Waals surface area contributed by atoms with E-state index in [0.29, 0.717) is 13.1 Å². The highest BCUT2D eigenvalue weighted by Gasteiger charge is 2.37. The van der Waals surface area contributed by atoms with E-state index in [1.807, 2.05) is 0 Å². The standard InChI is InChI=1S/C7H7F3N6O/c8-7(9,10)6-12-5(17-14-6)4-3-16(2-1-11)15-13-4/h3H,1-2,11H2. The van der Waals surface area contributed by atoms with Gasteiger partial charge in [-0.25, -0.2) is 0 Å². The fourth-order valence-corrected chi connectivity index (χ4v) is 1.08. The second kappa shape index (κ2) is 4.13. The summed E-state index contributed by atoms with van der Waals surface area (Å²) in [6.07, 6.45) is -3.27. The predicted octanol–water partition coefficient (Wildman–Crippen LogP) is 0.306. The normalized spacial score (nSPS) is 12.0. The number of nitrogens with zero attached hydrogens (tertiary/aromatic N) is 5. The largest absolute Gasteiger partial charge is 0.455 e. The van der Waals surface area contributed by atoms with Crippen LogP contribution in [0.2, 0.25) is 0 Å². The smallest absolute Gasteiger partial charge is 0.332 e. The van der Waals surface area contributed by atoms with Gasteiger partial charge in [0.05, 0.1) is 12.7 Å². The molecule has 2 aromatic heterocycles. The molecule has 0 aliphatic carbocycles. The number of halogens is 3. The zero-order valence-electron chi connectivity index (χ0n) is 8.35. The highest BCUT2D eigenvalue weighted by Crippen LogP contribution is 2.27. The van der Waals surface area contributed by atoms with Gasteiger partial charge in [-0.05, 0) is 0 Å². The third-order valence-electron chi connectivity index (χ3n) is 1.80. The van der Waals surface area contributed by atoms with Gasteiger partial charge in [0.2, 0.25) is 0 Å². The monoisotopic (exact) mass is 248 g/mol. The molecule has 17 heavy (non-hydrogen) atoms. The van der Waals surface area contributed by atoms with Gasteiger partial charge in [-0.3, -0.25) is 4.68 Å². The fraction of sp³-hybridized carbons (Fsp3) is 0.429. The van der Waals surface area contributed by atoms with Crippen LogP contribution in [-0.4, -0.2) is 31.7 Å². The van der Waals surface area contributed by atoms with Crippen LogP contribution in [0.5, 0.6) is 0 Å². The van der Waals surface area contributed by atoms with Gasteiger partial charge in [0.15, 0.2) is 5.69 Å². The van der Waals surface area contributed by atoms with E-state index in [1.54, 1.807) is 0 Å². The summed E-state index contributed by atoms with van der Waals surface area (Å²) in [6.45, 7) is 0.730. The third-order valence-corrected chi connectivity index (χ3v) is 1.80. The lowest BCUT2D eigenvalue weighted by molar-refractivity contribution is -0.146. The molecule has 0 aliphatic heterocycles. The van der Waals surface area contributed by atoms with Gasteiger partial charge in [-0.1, -0.05) is 10.4 Å². The highest BCUT2D eigenvalue weighted by atomic mass is 19.4. The number of alkyl halides is 3. The van der Waals surface area contributed by atoms with Crippen molar-refractivity contribution in [2.75, 3.05) is 6.54 Å². The van der Waals surface area contributed by atoms with Gasteiger partial charge in [-0.2, -0.15) is 18.2 Å². The Morgan fingerprint density at radius 1 is 1.41 bits per heavy atom. The number of rotatable bonds is 3. The van der Waals surface area contributed by atoms with Gasteiger partial charge in [0.25, 0.3) is 11.7 Å². The molecule has 2 aromatic rings. The lowest BCUT2D eigenvalue weighted by Gasteiger charge is -1.95. The lowest BCUT2D eigenvalue weighted by Crippen LogP contribution is -2.10. The quantitative estimate of drug-likeness (QED) is 0.839. The first-order valence-corrected chi connectivity index (χ1v) is 4.52. The number of nitrogens with two attached hydrogens (primary N) is 1. The summed E-state index contributed by atoms with van der Waals surface area (Å²) in [5.41, 5.74) is 5.35. The minimum Gasteiger partial charge on any atom is -0.332 e. The molecule has 0 atom stereocenters. The number of hydrogen-bond donors (Lipinski definition) is 1. The Labute approximate surface area is 92.4 Å². The van der Waals surface area contributed by atoms with E-state index < -0.39 is 12.0 Å². The zero-order valence-corrected chi connectivity index (χ0v) is 8.35. The minimum absolute atomic E-state index is 0.0708. The summed E-state index contributed by atoms with van der Waals surface area (Å²) < 4.78 is 42.4. The Hall–Kier alpha value is -1.97. The van der Waals surface area contributed by atoms with Crippen LogP contribution in [0.1, 0.15) is 5.82 Å². The van der Waals surface area contributed by atoms with Gasteiger partial charge in [-0.15, -0.1) is 5.10 Å². The Morgan fingerprint density at radius 3 is 2.76 bits per heavy atom. The molecule has 0 saturated carbocycles. The van der Waals surface area contributed by atoms with E-state index in [2.05, 4.69) is 25.0 Å². The Bertz CT molecular complexity index is 504. The molecule has 0 aliphatic rings. The van der Waals surface area contributed by atoms with Crippen molar-refractivity contribution >= 4 is 0 Å². The molecule has 0 radical (unpaired) electrons. The van der Waals surface area contributed by atoms with Crippen molar-refractivity contribution in [1.82, 2.24) is 25.1 Å². The summed E-state index contributed by atoms with van der Waals surface area (Å²) in [5, 5.41) is 10.0. The average Bonchev–Trinajstić information content (AvgIpc) is 2.82. The van der Waals surface area contributed by atoms with E-state index in [-0.39, 0.29) is 11.6 Å². The van der Waals surface area contributed by atoms with Crippen LogP contribution in [0.3, 0.4) is 0 Å². The molecular weight excluding hydrogens is 241 g/mol. The molecule has 2 heterocycles. The Morgan fingerprint density at radius 2 is 2.18 bits per heavy atom. The summed E-state index contributed by atoms with van der Waals surface area (Å²) in [5.74, 6) is -1.68. The van der Waals surface area contributed by atoms with E-state index in [0.717, 1.165) is 0 Å². The first-order chi connectivity index (χ1) is 8.00. The second-order valence-corrected chi connectivity index (χ2v) is 3.08. The topological polar surface area (TPSA) is 95.7 Å². The average molecular weight is 248 g/mol. The van der Waals surface area contributed by atoms with Crippen molar-refractivity contribution in [3.63, 3.8) is 0 Å². The molecule has 0 fully saturated rings. The summed E-state index contributed by atoms with van der Waals surface area (Å²) in [7, 11) is 0. The molecule has 0 amide bonds. The van der Waals surface area contributed by atoms with Crippen molar-refractivity contribution in [2.45, 2.75) is 12.7 Å². The van der Waals surface area contributed by atoms with Gasteiger partial charge in [0.1, 0.15) is 0 Å². The molecule has 0 bridgehead atoms. The van der Waals surface area contributed by atoms with Gasteiger partial charge >= 0.3 is 6.18 Å². The van der Waals surface area contributed by atoms with Crippen LogP contribution in [0.15, 0.2) is 10.7 Å². The van der Waals surface area contributed by atoms with E-state index >= 15 is 0 Å². The van der Waals surface area contributed by atoms with Crippen LogP contribution in [-0.2, 0) is 12.7 Å². The van der Waals surface area contributed by atoms with Crippen LogP contribution in [0, 0.1) is 0 Å².